The summed E-state index contributed by atoms with van der Waals surface area (Å²) in [6.45, 7) is 6.76. The molecule has 0 saturated carbocycles. The molecule has 0 bridgehead atoms. The van der Waals surface area contributed by atoms with Gasteiger partial charge in [0.25, 0.3) is 0 Å². The minimum Gasteiger partial charge on any atom is -0.423 e. The van der Waals surface area contributed by atoms with Crippen LogP contribution in [0.2, 0.25) is 0 Å². The molecule has 0 fully saturated rings. The topological polar surface area (TPSA) is 46.5 Å². The molecule has 0 unspecified atom stereocenters. The molecule has 0 aliphatic carbocycles. The van der Waals surface area contributed by atoms with Crippen molar-refractivity contribution in [2.24, 2.45) is 0 Å². The highest BCUT2D eigenvalue weighted by atomic mass is 16.5. The smallest absolute Gasteiger partial charge is 0.341 e. The molecule has 23 heavy (non-hydrogen) atoms. The summed E-state index contributed by atoms with van der Waals surface area (Å²) in [6, 6.07) is 15.6. The van der Waals surface area contributed by atoms with Crippen molar-refractivity contribution in [1.82, 2.24) is 0 Å². The van der Waals surface area contributed by atoms with Crippen molar-refractivity contribution in [2.45, 2.75) is 12.8 Å². The van der Waals surface area contributed by atoms with Crippen LogP contribution in [0.15, 0.2) is 73.3 Å². The molecule has 0 aliphatic heterocycles. The van der Waals surface area contributed by atoms with Gasteiger partial charge in [0, 0.05) is 0 Å². The van der Waals surface area contributed by atoms with E-state index in [9.17, 15) is 4.79 Å². The summed E-state index contributed by atoms with van der Waals surface area (Å²) in [5.74, 6) is -0.192. The second kappa shape index (κ2) is 8.11. The van der Waals surface area contributed by atoms with Crippen LogP contribution in [-0.2, 0) is 11.2 Å². The quantitative estimate of drug-likeness (QED) is 0.365. The predicted octanol–water partition coefficient (Wildman–Crippen LogP) is 3.93. The molecule has 2 aromatic carbocycles. The number of hydrogen-bond acceptors (Lipinski definition) is 3. The van der Waals surface area contributed by atoms with E-state index in [1.165, 1.54) is 5.56 Å². The number of ether oxygens (including phenoxy) is 1. The zero-order chi connectivity index (χ0) is 16.7. The minimum atomic E-state index is -0.619. The molecule has 2 rings (SSSR count). The van der Waals surface area contributed by atoms with Gasteiger partial charge in [-0.1, -0.05) is 49.1 Å². The summed E-state index contributed by atoms with van der Waals surface area (Å²) in [5.41, 5.74) is 3.46. The van der Waals surface area contributed by atoms with Gasteiger partial charge >= 0.3 is 5.97 Å². The van der Waals surface area contributed by atoms with Gasteiger partial charge in [-0.2, -0.15) is 0 Å². The third kappa shape index (κ3) is 4.66. The van der Waals surface area contributed by atoms with Gasteiger partial charge in [0.05, 0.1) is 12.2 Å². The second-order valence-corrected chi connectivity index (χ2v) is 5.20. The summed E-state index contributed by atoms with van der Waals surface area (Å²) in [7, 11) is 0. The first-order valence-corrected chi connectivity index (χ1v) is 7.45. The first kappa shape index (κ1) is 16.7. The first-order valence-electron chi connectivity index (χ1n) is 7.45. The molecule has 118 valence electrons. The number of hydrogen-bond donors (Lipinski definition) is 1. The molecule has 0 amide bonds. The Kier molecular flexibility index (Phi) is 5.89. The average molecular weight is 308 g/mol. The number of allylic oxidation sites excluding steroid dienone is 1. The van der Waals surface area contributed by atoms with E-state index in [0.29, 0.717) is 5.75 Å². The highest BCUT2D eigenvalue weighted by molar-refractivity contribution is 5.89. The third-order valence-corrected chi connectivity index (χ3v) is 3.47. The normalized spacial score (nSPS) is 10.1. The van der Waals surface area contributed by atoms with Gasteiger partial charge in [-0.15, -0.1) is 6.58 Å². The number of carbonyl (C=O) groups excluding carboxylic acids is 1. The van der Waals surface area contributed by atoms with Crippen molar-refractivity contribution in [2.75, 3.05) is 6.61 Å². The van der Waals surface area contributed by atoms with Crippen molar-refractivity contribution >= 4 is 5.97 Å². The maximum absolute atomic E-state index is 11.5. The van der Waals surface area contributed by atoms with Gasteiger partial charge in [-0.3, -0.25) is 0 Å². The number of aryl methyl sites for hydroxylation is 1. The van der Waals surface area contributed by atoms with Crippen molar-refractivity contribution in [3.8, 4) is 16.9 Å². The molecule has 0 saturated heterocycles. The Hall–Kier alpha value is -2.65. The van der Waals surface area contributed by atoms with Crippen molar-refractivity contribution in [3.63, 3.8) is 0 Å². The molecular formula is C20H20O3. The van der Waals surface area contributed by atoms with Crippen LogP contribution in [0.1, 0.15) is 12.0 Å². The van der Waals surface area contributed by atoms with Crippen molar-refractivity contribution in [1.29, 1.82) is 0 Å². The first-order chi connectivity index (χ1) is 11.1. The molecule has 3 heteroatoms. The van der Waals surface area contributed by atoms with E-state index in [1.807, 2.05) is 18.2 Å². The van der Waals surface area contributed by atoms with Gasteiger partial charge in [-0.25, -0.2) is 4.79 Å². The van der Waals surface area contributed by atoms with E-state index < -0.39 is 12.6 Å². The molecule has 0 heterocycles. The second-order valence-electron chi connectivity index (χ2n) is 5.20. The van der Waals surface area contributed by atoms with Gasteiger partial charge in [0.2, 0.25) is 0 Å². The summed E-state index contributed by atoms with van der Waals surface area (Å²) >= 11 is 0. The van der Waals surface area contributed by atoms with E-state index in [-0.39, 0.29) is 5.57 Å². The van der Waals surface area contributed by atoms with Crippen molar-refractivity contribution in [3.05, 3.63) is 78.9 Å². The molecule has 0 spiro atoms. The Morgan fingerprint density at radius 3 is 2.13 bits per heavy atom. The van der Waals surface area contributed by atoms with Crippen LogP contribution in [-0.4, -0.2) is 17.7 Å². The lowest BCUT2D eigenvalue weighted by Crippen LogP contribution is -2.12. The largest absolute Gasteiger partial charge is 0.423 e. The zero-order valence-electron chi connectivity index (χ0n) is 13.0. The Morgan fingerprint density at radius 1 is 1.04 bits per heavy atom. The number of aliphatic hydroxyl groups is 1. The fourth-order valence-electron chi connectivity index (χ4n) is 2.09. The van der Waals surface area contributed by atoms with Crippen LogP contribution >= 0.6 is 0 Å². The van der Waals surface area contributed by atoms with Crippen LogP contribution < -0.4 is 4.74 Å². The summed E-state index contributed by atoms with van der Waals surface area (Å²) in [4.78, 5) is 11.5. The van der Waals surface area contributed by atoms with Gasteiger partial charge in [0.1, 0.15) is 5.75 Å². The molecule has 0 aliphatic rings. The van der Waals surface area contributed by atoms with E-state index >= 15 is 0 Å². The number of rotatable bonds is 7. The molecular weight excluding hydrogens is 288 g/mol. The van der Waals surface area contributed by atoms with Crippen LogP contribution in [0, 0.1) is 0 Å². The maximum Gasteiger partial charge on any atom is 0.341 e. The number of benzene rings is 2. The standard InChI is InChI=1S/C20H20O3/c1-3-4-5-16-6-8-17(9-7-16)18-10-12-19(13-11-18)23-20(22)15(2)14-21/h3,6-13,21H,1-2,4-5,14H2. The fourth-order valence-corrected chi connectivity index (χ4v) is 2.09. The Bertz CT molecular complexity index is 682. The van der Waals surface area contributed by atoms with Crippen LogP contribution in [0.25, 0.3) is 11.1 Å². The summed E-state index contributed by atoms with van der Waals surface area (Å²) in [6.07, 6.45) is 3.88. The molecule has 3 nitrogen and oxygen atoms in total. The Labute approximate surface area is 136 Å². The minimum absolute atomic E-state index is 0.0317. The lowest BCUT2D eigenvalue weighted by atomic mass is 10.0. The molecule has 0 atom stereocenters. The average Bonchev–Trinajstić information content (AvgIpc) is 2.60. The molecule has 0 aromatic heterocycles. The number of carbonyl (C=O) groups is 1. The van der Waals surface area contributed by atoms with Gasteiger partial charge in [0.15, 0.2) is 0 Å². The maximum atomic E-state index is 11.5. The number of aliphatic hydroxyl groups excluding tert-OH is 1. The van der Waals surface area contributed by atoms with Crippen molar-refractivity contribution < 1.29 is 14.6 Å². The Balaban J connectivity index is 2.05. The zero-order valence-corrected chi connectivity index (χ0v) is 13.0. The third-order valence-electron chi connectivity index (χ3n) is 3.47. The van der Waals surface area contributed by atoms with Crippen LogP contribution in [0.5, 0.6) is 5.75 Å². The van der Waals surface area contributed by atoms with Gasteiger partial charge < -0.3 is 9.84 Å². The van der Waals surface area contributed by atoms with Crippen LogP contribution in [0.3, 0.4) is 0 Å². The molecule has 2 aromatic rings. The molecule has 1 N–H and O–H groups in total. The van der Waals surface area contributed by atoms with E-state index in [1.54, 1.807) is 12.1 Å². The lowest BCUT2D eigenvalue weighted by molar-refractivity contribution is -0.130. The van der Waals surface area contributed by atoms with Gasteiger partial charge in [-0.05, 0) is 41.7 Å². The van der Waals surface area contributed by atoms with E-state index in [0.717, 1.165) is 24.0 Å². The fraction of sp³-hybridized carbons (Fsp3) is 0.150. The lowest BCUT2D eigenvalue weighted by Gasteiger charge is -2.07. The summed E-state index contributed by atoms with van der Waals surface area (Å²) in [5, 5.41) is 8.85. The number of esters is 1. The molecule has 0 radical (unpaired) electrons. The highest BCUT2D eigenvalue weighted by Crippen LogP contribution is 2.23. The summed E-state index contributed by atoms with van der Waals surface area (Å²) < 4.78 is 5.11. The monoisotopic (exact) mass is 308 g/mol. The van der Waals surface area contributed by atoms with E-state index in [4.69, 9.17) is 9.84 Å². The SMILES string of the molecule is C=CCCc1ccc(-c2ccc(OC(=O)C(=C)CO)cc2)cc1. The predicted molar refractivity (Wildman–Crippen MR) is 92.3 cm³/mol. The van der Waals surface area contributed by atoms with Crippen LogP contribution in [0.4, 0.5) is 0 Å². The highest BCUT2D eigenvalue weighted by Gasteiger charge is 2.08. The Morgan fingerprint density at radius 2 is 1.61 bits per heavy atom. The van der Waals surface area contributed by atoms with E-state index in [2.05, 4.69) is 37.4 Å².